The van der Waals surface area contributed by atoms with Crippen molar-refractivity contribution in [2.24, 2.45) is 0 Å². The maximum atomic E-state index is 7.23. The van der Waals surface area contributed by atoms with Crippen LogP contribution >= 0.6 is 0 Å². The molecule has 6 heterocycles. The zero-order chi connectivity index (χ0) is 34.6. The molecule has 8 heteroatoms. The molecule has 6 aromatic heterocycles. The van der Waals surface area contributed by atoms with E-state index in [9.17, 15) is 0 Å². The molecule has 0 bridgehead atoms. The van der Waals surface area contributed by atoms with Crippen LogP contribution in [-0.2, 0) is 21.1 Å². The van der Waals surface area contributed by atoms with Gasteiger partial charge in [-0.2, -0.15) is 0 Å². The van der Waals surface area contributed by atoms with Crippen molar-refractivity contribution in [3.8, 4) is 23.1 Å². The van der Waals surface area contributed by atoms with Crippen molar-refractivity contribution in [2.45, 2.75) is 0 Å². The van der Waals surface area contributed by atoms with Gasteiger partial charge in [0.2, 0.25) is 0 Å². The molecule has 0 saturated carbocycles. The third-order valence-corrected chi connectivity index (χ3v) is 10.3. The second kappa shape index (κ2) is 11.7. The average molecular weight is 876 g/mol. The van der Waals surface area contributed by atoms with Crippen molar-refractivity contribution in [3.63, 3.8) is 0 Å². The molecule has 0 spiro atoms. The van der Waals surface area contributed by atoms with Gasteiger partial charge in [-0.05, 0) is 80.8 Å². The molecular weight excluding hydrogens is 852 g/mol. The molecule has 0 atom stereocenters. The Morgan fingerprint density at radius 2 is 0.852 bits per heavy atom. The first-order valence-electron chi connectivity index (χ1n) is 17.4. The summed E-state index contributed by atoms with van der Waals surface area (Å²) in [4.78, 5) is 9.53. The Kier molecular flexibility index (Phi) is 6.67. The fourth-order valence-corrected chi connectivity index (χ4v) is 8.11. The summed E-state index contributed by atoms with van der Waals surface area (Å²) in [5.41, 5.74) is 6.54. The van der Waals surface area contributed by atoms with E-state index in [4.69, 9.17) is 23.5 Å². The van der Waals surface area contributed by atoms with E-state index in [0.717, 1.165) is 99.1 Å². The van der Waals surface area contributed by atoms with Gasteiger partial charge in [0, 0.05) is 46.1 Å². The maximum absolute atomic E-state index is 7.23. The van der Waals surface area contributed by atoms with Crippen LogP contribution in [0.5, 0.6) is 11.5 Å². The zero-order valence-electron chi connectivity index (χ0n) is 28.2. The van der Waals surface area contributed by atoms with Crippen LogP contribution in [0.1, 0.15) is 0 Å². The van der Waals surface area contributed by atoms with Crippen molar-refractivity contribution < 1.29 is 34.6 Å². The van der Waals surface area contributed by atoms with Gasteiger partial charge in [0.05, 0.1) is 0 Å². The van der Waals surface area contributed by atoms with Crippen LogP contribution in [0.4, 0.5) is 0 Å². The molecule has 256 valence electrons. The van der Waals surface area contributed by atoms with Crippen molar-refractivity contribution in [1.29, 1.82) is 0 Å². The first-order valence-corrected chi connectivity index (χ1v) is 17.4. The predicted molar refractivity (Wildman–Crippen MR) is 209 cm³/mol. The smallest absolute Gasteiger partial charge is 0.508 e. The molecule has 0 fully saturated rings. The second-order valence-corrected chi connectivity index (χ2v) is 13.1. The first-order chi connectivity index (χ1) is 26.3. The van der Waals surface area contributed by atoms with Crippen molar-refractivity contribution in [2.75, 3.05) is 0 Å². The topological polar surface area (TPSA) is 71.2 Å². The number of para-hydroxylation sites is 4. The third kappa shape index (κ3) is 4.21. The Labute approximate surface area is 320 Å². The second-order valence-electron chi connectivity index (χ2n) is 13.1. The van der Waals surface area contributed by atoms with Gasteiger partial charge >= 0.3 is 21.1 Å². The zero-order valence-corrected chi connectivity index (χ0v) is 30.5. The SMILES string of the molecule is [Pt+2].[c-]1c(Oc2[c-]c3c(c4ccccc4n3-c3ccccn3)c3oc4ccccc4c23)c2c3ccccc3oc2c2c3ccccc3n(-c3ccccn3)c12. The summed E-state index contributed by atoms with van der Waals surface area (Å²) in [5.74, 6) is 2.57. The van der Waals surface area contributed by atoms with Crippen molar-refractivity contribution >= 4 is 87.5 Å². The minimum Gasteiger partial charge on any atom is -0.508 e. The van der Waals surface area contributed by atoms with E-state index >= 15 is 0 Å². The fourth-order valence-electron chi connectivity index (χ4n) is 8.11. The van der Waals surface area contributed by atoms with Gasteiger partial charge in [-0.3, -0.25) is 0 Å². The summed E-state index contributed by atoms with van der Waals surface area (Å²) in [6.07, 6.45) is 3.61. The fraction of sp³-hybridized carbons (Fsp3) is 0. The van der Waals surface area contributed by atoms with Crippen LogP contribution < -0.4 is 4.74 Å². The summed E-state index contributed by atoms with van der Waals surface area (Å²) >= 11 is 0. The van der Waals surface area contributed by atoms with E-state index in [1.165, 1.54) is 0 Å². The van der Waals surface area contributed by atoms with Crippen LogP contribution in [-0.4, -0.2) is 19.1 Å². The normalized spacial score (nSPS) is 11.9. The van der Waals surface area contributed by atoms with Gasteiger partial charge in [-0.1, -0.05) is 107 Å². The number of aromatic nitrogens is 4. The van der Waals surface area contributed by atoms with Crippen LogP contribution in [0.15, 0.2) is 155 Å². The number of benzene rings is 6. The van der Waals surface area contributed by atoms with E-state index < -0.39 is 0 Å². The maximum Gasteiger partial charge on any atom is 2.00 e. The van der Waals surface area contributed by atoms with E-state index in [0.29, 0.717) is 11.5 Å². The molecule has 54 heavy (non-hydrogen) atoms. The number of pyridine rings is 2. The standard InChI is InChI=1S/C46H24N4O3.Pt/c1-5-17-31-27(13-1)41-33(49(31)39-21-9-11-23-47-39)25-37(43-29-15-3-7-19-35(29)52-45(41)43)51-38-26-34-42(46-44(38)30-16-4-8-20-36(30)53-46)28-14-2-6-18-32(28)50(34)40-22-10-12-24-48-40;/h1-24H;/q-2;+2. The molecule has 0 aliphatic heterocycles. The molecule has 6 aromatic carbocycles. The summed E-state index contributed by atoms with van der Waals surface area (Å²) < 4.78 is 25.0. The van der Waals surface area contributed by atoms with Gasteiger partial charge < -0.3 is 22.7 Å². The molecule has 0 aliphatic carbocycles. The van der Waals surface area contributed by atoms with E-state index in [1.54, 1.807) is 12.4 Å². The molecule has 0 radical (unpaired) electrons. The minimum absolute atomic E-state index is 0. The average Bonchev–Trinajstić information content (AvgIpc) is 3.96. The number of hydrogen-bond acceptors (Lipinski definition) is 5. The van der Waals surface area contributed by atoms with Crippen LogP contribution in [0, 0.1) is 12.1 Å². The summed E-state index contributed by atoms with van der Waals surface area (Å²) in [6.45, 7) is 0. The number of furan rings is 2. The molecule has 0 unspecified atom stereocenters. The van der Waals surface area contributed by atoms with Gasteiger partial charge in [0.15, 0.2) is 0 Å². The van der Waals surface area contributed by atoms with Crippen molar-refractivity contribution in [3.05, 3.63) is 158 Å². The van der Waals surface area contributed by atoms with Gasteiger partial charge in [-0.15, -0.1) is 12.1 Å². The monoisotopic (exact) mass is 875 g/mol. The van der Waals surface area contributed by atoms with Gasteiger partial charge in [0.1, 0.15) is 22.8 Å². The molecule has 0 aliphatic rings. The first kappa shape index (κ1) is 30.9. The molecule has 0 amide bonds. The largest absolute Gasteiger partial charge is 2.00 e. The number of hydrogen-bond donors (Lipinski definition) is 0. The van der Waals surface area contributed by atoms with E-state index in [-0.39, 0.29) is 21.1 Å². The van der Waals surface area contributed by atoms with Crippen LogP contribution in [0.3, 0.4) is 0 Å². The number of fused-ring (bicyclic) bond motifs is 14. The van der Waals surface area contributed by atoms with Crippen molar-refractivity contribution in [1.82, 2.24) is 19.1 Å². The molecule has 0 N–H and O–H groups in total. The Balaban J connectivity index is 0.00000341. The molecule has 12 rings (SSSR count). The number of nitrogens with zero attached hydrogens (tertiary/aromatic N) is 4. The Hall–Kier alpha value is -6.69. The summed E-state index contributed by atoms with van der Waals surface area (Å²) in [6, 6.07) is 52.1. The summed E-state index contributed by atoms with van der Waals surface area (Å²) in [5, 5.41) is 7.49. The van der Waals surface area contributed by atoms with E-state index in [1.807, 2.05) is 84.9 Å². The molecule has 0 saturated heterocycles. The van der Waals surface area contributed by atoms with Crippen LogP contribution in [0.2, 0.25) is 0 Å². The quantitative estimate of drug-likeness (QED) is 0.165. The summed E-state index contributed by atoms with van der Waals surface area (Å²) in [7, 11) is 0. The van der Waals surface area contributed by atoms with Gasteiger partial charge in [0.25, 0.3) is 0 Å². The number of ether oxygens (including phenoxy) is 1. The Morgan fingerprint density at radius 1 is 0.444 bits per heavy atom. The van der Waals surface area contributed by atoms with Gasteiger partial charge in [-0.25, -0.2) is 9.97 Å². The molecular formula is C46H24N4O3Pt. The minimum atomic E-state index is 0. The number of rotatable bonds is 4. The Bertz CT molecular complexity index is 3200. The van der Waals surface area contributed by atoms with E-state index in [2.05, 4.69) is 69.8 Å². The molecule has 7 nitrogen and oxygen atoms in total. The molecule has 12 aromatic rings. The predicted octanol–water partition coefficient (Wildman–Crippen LogP) is 11.9. The third-order valence-electron chi connectivity index (χ3n) is 10.3. The Morgan fingerprint density at radius 3 is 1.30 bits per heavy atom. The van der Waals surface area contributed by atoms with Crippen LogP contribution in [0.25, 0.3) is 99.1 Å².